The second kappa shape index (κ2) is 9.76. The molecule has 1 aliphatic rings. The Bertz CT molecular complexity index is 1090. The van der Waals surface area contributed by atoms with E-state index in [0.29, 0.717) is 38.8 Å². The minimum Gasteiger partial charge on any atom is -0.491 e. The van der Waals surface area contributed by atoms with Gasteiger partial charge in [0.1, 0.15) is 17.1 Å². The number of pyridine rings is 2. The number of benzene rings is 1. The summed E-state index contributed by atoms with van der Waals surface area (Å²) in [5.41, 5.74) is 1.81. The third-order valence-electron chi connectivity index (χ3n) is 5.57. The zero-order valence-corrected chi connectivity index (χ0v) is 19.3. The first-order valence-electron chi connectivity index (χ1n) is 10.2. The van der Waals surface area contributed by atoms with Crippen LogP contribution in [0.1, 0.15) is 36.0 Å². The zero-order valence-electron chi connectivity index (χ0n) is 17.1. The van der Waals surface area contributed by atoms with Crippen molar-refractivity contribution in [3.05, 3.63) is 57.5 Å². The van der Waals surface area contributed by atoms with Crippen LogP contribution in [0.2, 0.25) is 0 Å². The number of nitrogens with zero attached hydrogens (tertiary/aromatic N) is 2. The van der Waals surface area contributed by atoms with E-state index >= 15 is 0 Å². The molecule has 1 aromatic carbocycles. The molecule has 0 bridgehead atoms. The van der Waals surface area contributed by atoms with Crippen molar-refractivity contribution < 1.29 is 18.7 Å². The van der Waals surface area contributed by atoms with Gasteiger partial charge in [0.2, 0.25) is 5.88 Å². The topological polar surface area (TPSA) is 73.3 Å². The minimum absolute atomic E-state index is 0.0961. The average molecular weight is 535 g/mol. The molecule has 1 aliphatic carbocycles. The fraction of sp³-hybridized carbons (Fsp3) is 0.348. The SMILES string of the molecule is COc1ccc2nccc(OCC3CCC(NC(=O)c4ccc(I)c(F)c4)CC3)c2n1. The first-order chi connectivity index (χ1) is 15.0. The number of hydrogen-bond donors (Lipinski definition) is 1. The molecular weight excluding hydrogens is 512 g/mol. The predicted molar refractivity (Wildman–Crippen MR) is 124 cm³/mol. The minimum atomic E-state index is -0.371. The van der Waals surface area contributed by atoms with Crippen molar-refractivity contribution in [3.63, 3.8) is 0 Å². The first-order valence-corrected chi connectivity index (χ1v) is 11.3. The number of methoxy groups -OCH3 is 1. The lowest BCUT2D eigenvalue weighted by Crippen LogP contribution is -2.38. The number of fused-ring (bicyclic) bond motifs is 1. The Hall–Kier alpha value is -2.49. The Morgan fingerprint density at radius 2 is 2.00 bits per heavy atom. The number of hydrogen-bond acceptors (Lipinski definition) is 5. The van der Waals surface area contributed by atoms with Gasteiger partial charge in [-0.1, -0.05) is 0 Å². The van der Waals surface area contributed by atoms with E-state index in [-0.39, 0.29) is 17.8 Å². The molecule has 0 saturated heterocycles. The molecule has 1 fully saturated rings. The summed E-state index contributed by atoms with van der Waals surface area (Å²) < 4.78 is 25.5. The molecule has 0 aliphatic heterocycles. The van der Waals surface area contributed by atoms with Crippen molar-refractivity contribution in [3.8, 4) is 11.6 Å². The normalized spacial score (nSPS) is 18.5. The third-order valence-corrected chi connectivity index (χ3v) is 6.44. The van der Waals surface area contributed by atoms with Crippen LogP contribution in [0.15, 0.2) is 42.6 Å². The average Bonchev–Trinajstić information content (AvgIpc) is 2.80. The van der Waals surface area contributed by atoms with E-state index in [1.165, 1.54) is 6.07 Å². The summed E-state index contributed by atoms with van der Waals surface area (Å²) in [6, 6.07) is 10.1. The second-order valence-electron chi connectivity index (χ2n) is 7.66. The molecule has 0 unspecified atom stereocenters. The molecule has 8 heteroatoms. The van der Waals surface area contributed by atoms with Crippen LogP contribution in [0.3, 0.4) is 0 Å². The third kappa shape index (κ3) is 5.23. The number of nitrogens with one attached hydrogen (secondary N) is 1. The van der Waals surface area contributed by atoms with Crippen LogP contribution in [-0.2, 0) is 0 Å². The maximum Gasteiger partial charge on any atom is 0.251 e. The fourth-order valence-corrected chi connectivity index (χ4v) is 4.14. The van der Waals surface area contributed by atoms with E-state index in [2.05, 4.69) is 15.3 Å². The van der Waals surface area contributed by atoms with Gasteiger partial charge in [-0.25, -0.2) is 9.37 Å². The predicted octanol–water partition coefficient (Wildman–Crippen LogP) is 4.75. The van der Waals surface area contributed by atoms with Gasteiger partial charge >= 0.3 is 0 Å². The maximum absolute atomic E-state index is 13.7. The number of aromatic nitrogens is 2. The Morgan fingerprint density at radius 1 is 1.19 bits per heavy atom. The highest BCUT2D eigenvalue weighted by Crippen LogP contribution is 2.28. The van der Waals surface area contributed by atoms with Gasteiger partial charge in [0, 0.05) is 33.5 Å². The molecule has 0 atom stereocenters. The number of halogens is 2. The molecule has 1 N–H and O–H groups in total. The molecular formula is C23H23FIN3O3. The monoisotopic (exact) mass is 535 g/mol. The standard InChI is InChI=1S/C23H23FIN3O3/c1-30-21-9-8-19-22(28-21)20(10-11-26-19)31-13-14-2-5-16(6-3-14)27-23(29)15-4-7-18(25)17(24)12-15/h4,7-12,14,16H,2-3,5-6,13H2,1H3,(H,27,29). The lowest BCUT2D eigenvalue weighted by atomic mass is 9.86. The van der Waals surface area contributed by atoms with E-state index in [4.69, 9.17) is 9.47 Å². The largest absolute Gasteiger partial charge is 0.491 e. The van der Waals surface area contributed by atoms with Crippen molar-refractivity contribution in [2.75, 3.05) is 13.7 Å². The summed E-state index contributed by atoms with van der Waals surface area (Å²) in [6.45, 7) is 0.584. The number of rotatable bonds is 6. The van der Waals surface area contributed by atoms with E-state index in [9.17, 15) is 9.18 Å². The smallest absolute Gasteiger partial charge is 0.251 e. The molecule has 0 radical (unpaired) electrons. The Kier molecular flexibility index (Phi) is 6.84. The van der Waals surface area contributed by atoms with Crippen molar-refractivity contribution in [2.24, 2.45) is 5.92 Å². The van der Waals surface area contributed by atoms with Gasteiger partial charge in [0.05, 0.1) is 19.2 Å². The molecule has 31 heavy (non-hydrogen) atoms. The number of amides is 1. The van der Waals surface area contributed by atoms with Crippen LogP contribution in [0, 0.1) is 15.3 Å². The zero-order chi connectivity index (χ0) is 21.8. The summed E-state index contributed by atoms with van der Waals surface area (Å²) in [6.07, 6.45) is 5.36. The summed E-state index contributed by atoms with van der Waals surface area (Å²) in [4.78, 5) is 21.2. The summed E-state index contributed by atoms with van der Waals surface area (Å²) in [5.74, 6) is 1.02. The Labute approximate surface area is 193 Å². The molecule has 4 rings (SSSR count). The number of carbonyl (C=O) groups excluding carboxylic acids is 1. The highest BCUT2D eigenvalue weighted by atomic mass is 127. The fourth-order valence-electron chi connectivity index (χ4n) is 3.80. The van der Waals surface area contributed by atoms with Crippen molar-refractivity contribution in [1.82, 2.24) is 15.3 Å². The van der Waals surface area contributed by atoms with Crippen LogP contribution >= 0.6 is 22.6 Å². The molecule has 3 aromatic rings. The van der Waals surface area contributed by atoms with Crippen molar-refractivity contribution >= 4 is 39.5 Å². The molecule has 162 valence electrons. The highest BCUT2D eigenvalue weighted by Gasteiger charge is 2.24. The number of ether oxygens (including phenoxy) is 2. The molecule has 2 aromatic heterocycles. The van der Waals surface area contributed by atoms with Gasteiger partial charge in [-0.3, -0.25) is 9.78 Å². The van der Waals surface area contributed by atoms with E-state index < -0.39 is 0 Å². The highest BCUT2D eigenvalue weighted by molar-refractivity contribution is 14.1. The molecule has 2 heterocycles. The first kappa shape index (κ1) is 21.7. The quantitative estimate of drug-likeness (QED) is 0.462. The van der Waals surface area contributed by atoms with E-state index in [1.807, 2.05) is 34.7 Å². The van der Waals surface area contributed by atoms with Crippen molar-refractivity contribution in [2.45, 2.75) is 31.7 Å². The van der Waals surface area contributed by atoms with Crippen LogP contribution in [0.4, 0.5) is 4.39 Å². The van der Waals surface area contributed by atoms with E-state index in [0.717, 1.165) is 31.2 Å². The van der Waals surface area contributed by atoms with Crippen LogP contribution in [-0.4, -0.2) is 35.6 Å². The van der Waals surface area contributed by atoms with Gasteiger partial charge in [0.25, 0.3) is 5.91 Å². The number of carbonyl (C=O) groups is 1. The van der Waals surface area contributed by atoms with Crippen LogP contribution < -0.4 is 14.8 Å². The lowest BCUT2D eigenvalue weighted by molar-refractivity contribution is 0.0915. The summed E-state index contributed by atoms with van der Waals surface area (Å²) >= 11 is 1.91. The summed E-state index contributed by atoms with van der Waals surface area (Å²) in [5, 5.41) is 3.03. The lowest BCUT2D eigenvalue weighted by Gasteiger charge is -2.29. The van der Waals surface area contributed by atoms with Crippen LogP contribution in [0.25, 0.3) is 11.0 Å². The second-order valence-corrected chi connectivity index (χ2v) is 8.82. The Balaban J connectivity index is 1.30. The molecule has 1 saturated carbocycles. The molecule has 1 amide bonds. The van der Waals surface area contributed by atoms with Crippen LogP contribution in [0.5, 0.6) is 11.6 Å². The van der Waals surface area contributed by atoms with Gasteiger partial charge < -0.3 is 14.8 Å². The maximum atomic E-state index is 13.7. The van der Waals surface area contributed by atoms with E-state index in [1.54, 1.807) is 31.5 Å². The van der Waals surface area contributed by atoms with Gasteiger partial charge in [-0.15, -0.1) is 0 Å². The Morgan fingerprint density at radius 3 is 2.74 bits per heavy atom. The van der Waals surface area contributed by atoms with Gasteiger partial charge in [-0.2, -0.15) is 0 Å². The van der Waals surface area contributed by atoms with Crippen molar-refractivity contribution in [1.29, 1.82) is 0 Å². The van der Waals surface area contributed by atoms with Gasteiger partial charge in [-0.05, 0) is 78.5 Å². The molecule has 0 spiro atoms. The molecule has 6 nitrogen and oxygen atoms in total. The van der Waals surface area contributed by atoms with Gasteiger partial charge in [0.15, 0.2) is 0 Å². The summed E-state index contributed by atoms with van der Waals surface area (Å²) in [7, 11) is 1.58.